The van der Waals surface area contributed by atoms with E-state index in [4.69, 9.17) is 4.74 Å². The van der Waals surface area contributed by atoms with E-state index in [0.29, 0.717) is 5.95 Å². The van der Waals surface area contributed by atoms with Gasteiger partial charge in [0, 0.05) is 6.54 Å². The summed E-state index contributed by atoms with van der Waals surface area (Å²) in [5.74, 6) is 2.12. The molecule has 5 heteroatoms. The molecule has 0 bridgehead atoms. The molecule has 0 spiro atoms. The summed E-state index contributed by atoms with van der Waals surface area (Å²) in [5, 5.41) is 5.16. The molecule has 0 saturated heterocycles. The zero-order valence-electron chi connectivity index (χ0n) is 9.77. The van der Waals surface area contributed by atoms with E-state index >= 15 is 0 Å². The Hall–Kier alpha value is -1.36. The first-order valence-corrected chi connectivity index (χ1v) is 6.86. The van der Waals surface area contributed by atoms with Crippen LogP contribution in [-0.2, 0) is 0 Å². The smallest absolute Gasteiger partial charge is 0.236 e. The zero-order chi connectivity index (χ0) is 11.7. The van der Waals surface area contributed by atoms with Crippen molar-refractivity contribution in [1.82, 2.24) is 9.97 Å². The first-order valence-electron chi connectivity index (χ1n) is 5.98. The molecule has 2 aromatic heterocycles. The fraction of sp³-hybridized carbons (Fsp3) is 0.500. The lowest BCUT2D eigenvalue weighted by Crippen LogP contribution is -2.06. The van der Waals surface area contributed by atoms with E-state index in [-0.39, 0.29) is 0 Å². The van der Waals surface area contributed by atoms with Crippen molar-refractivity contribution in [2.75, 3.05) is 18.5 Å². The molecule has 0 amide bonds. The minimum atomic E-state index is 0.657. The minimum Gasteiger partial charge on any atom is -0.476 e. The zero-order valence-corrected chi connectivity index (χ0v) is 10.6. The third-order valence-electron chi connectivity index (χ3n) is 2.76. The summed E-state index contributed by atoms with van der Waals surface area (Å²) in [4.78, 5) is 8.87. The van der Waals surface area contributed by atoms with Gasteiger partial charge in [0.1, 0.15) is 4.70 Å². The number of nitrogens with zero attached hydrogens (tertiary/aromatic N) is 2. The van der Waals surface area contributed by atoms with Crippen LogP contribution in [0.5, 0.6) is 5.88 Å². The van der Waals surface area contributed by atoms with Gasteiger partial charge in [-0.1, -0.05) is 0 Å². The normalized spacial score (nSPS) is 15.1. The number of thiophene rings is 1. The second-order valence-electron chi connectivity index (χ2n) is 4.27. The molecule has 1 fully saturated rings. The second-order valence-corrected chi connectivity index (χ2v) is 5.19. The summed E-state index contributed by atoms with van der Waals surface area (Å²) in [5.41, 5.74) is 0.965. The molecule has 0 radical (unpaired) electrons. The molecular weight excluding hydrogens is 234 g/mol. The summed E-state index contributed by atoms with van der Waals surface area (Å²) in [7, 11) is 0. The summed E-state index contributed by atoms with van der Waals surface area (Å²) in [6.45, 7) is 3.64. The highest BCUT2D eigenvalue weighted by Gasteiger charge is 2.23. The number of rotatable bonds is 5. The van der Waals surface area contributed by atoms with Crippen LogP contribution in [0.2, 0.25) is 0 Å². The van der Waals surface area contributed by atoms with E-state index in [9.17, 15) is 0 Å². The van der Waals surface area contributed by atoms with Gasteiger partial charge in [-0.15, -0.1) is 11.3 Å². The maximum absolute atomic E-state index is 5.81. The lowest BCUT2D eigenvalue weighted by molar-refractivity contribution is 0.293. The van der Waals surface area contributed by atoms with Gasteiger partial charge in [0.05, 0.1) is 12.1 Å². The Bertz CT molecular complexity index is 521. The van der Waals surface area contributed by atoms with Crippen LogP contribution in [0.25, 0.3) is 10.2 Å². The van der Waals surface area contributed by atoms with Crippen molar-refractivity contribution in [3.05, 3.63) is 11.4 Å². The Morgan fingerprint density at radius 3 is 3.12 bits per heavy atom. The van der Waals surface area contributed by atoms with Gasteiger partial charge >= 0.3 is 0 Å². The Morgan fingerprint density at radius 1 is 1.47 bits per heavy atom. The number of anilines is 1. The van der Waals surface area contributed by atoms with Crippen molar-refractivity contribution in [1.29, 1.82) is 0 Å². The van der Waals surface area contributed by atoms with E-state index in [1.807, 2.05) is 18.4 Å². The summed E-state index contributed by atoms with van der Waals surface area (Å²) < 4.78 is 6.86. The lowest BCUT2D eigenvalue weighted by Gasteiger charge is -2.07. The summed E-state index contributed by atoms with van der Waals surface area (Å²) in [6.07, 6.45) is 2.58. The van der Waals surface area contributed by atoms with E-state index in [1.165, 1.54) is 12.8 Å². The van der Waals surface area contributed by atoms with Gasteiger partial charge in [-0.25, -0.2) is 4.98 Å². The van der Waals surface area contributed by atoms with Crippen LogP contribution in [0.3, 0.4) is 0 Å². The van der Waals surface area contributed by atoms with E-state index in [1.54, 1.807) is 11.3 Å². The monoisotopic (exact) mass is 249 g/mol. The van der Waals surface area contributed by atoms with Crippen LogP contribution in [0, 0.1) is 5.92 Å². The fourth-order valence-corrected chi connectivity index (χ4v) is 2.43. The highest BCUT2D eigenvalue weighted by Crippen LogP contribution is 2.33. The standard InChI is InChI=1S/C12H15N3OS/c1-2-13-12-14-9-5-6-17-10(9)11(15-12)16-7-8-3-4-8/h5-6,8H,2-4,7H2,1H3,(H,13,14,15). The van der Waals surface area contributed by atoms with Crippen LogP contribution >= 0.6 is 11.3 Å². The molecule has 2 heterocycles. The van der Waals surface area contributed by atoms with E-state index in [0.717, 1.165) is 35.2 Å². The Labute approximate surface area is 104 Å². The average Bonchev–Trinajstić information content (AvgIpc) is 3.03. The third kappa shape index (κ3) is 2.34. The summed E-state index contributed by atoms with van der Waals surface area (Å²) in [6, 6.07) is 2.01. The minimum absolute atomic E-state index is 0.657. The third-order valence-corrected chi connectivity index (χ3v) is 3.65. The van der Waals surface area contributed by atoms with Crippen molar-refractivity contribution in [2.45, 2.75) is 19.8 Å². The highest BCUT2D eigenvalue weighted by molar-refractivity contribution is 7.17. The van der Waals surface area contributed by atoms with Gasteiger partial charge in [-0.05, 0) is 37.1 Å². The molecule has 1 aliphatic rings. The first kappa shape index (κ1) is 10.8. The van der Waals surface area contributed by atoms with Crippen LogP contribution in [-0.4, -0.2) is 23.1 Å². The largest absolute Gasteiger partial charge is 0.476 e. The maximum Gasteiger partial charge on any atom is 0.236 e. The predicted octanol–water partition coefficient (Wildman–Crippen LogP) is 2.91. The van der Waals surface area contributed by atoms with E-state index in [2.05, 4.69) is 15.3 Å². The Morgan fingerprint density at radius 2 is 2.35 bits per heavy atom. The lowest BCUT2D eigenvalue weighted by atomic mass is 10.4. The van der Waals surface area contributed by atoms with Crippen LogP contribution in [0.1, 0.15) is 19.8 Å². The van der Waals surface area contributed by atoms with Crippen molar-refractivity contribution < 1.29 is 4.74 Å². The molecule has 2 aromatic rings. The number of fused-ring (bicyclic) bond motifs is 1. The molecule has 0 atom stereocenters. The molecule has 1 N–H and O–H groups in total. The van der Waals surface area contributed by atoms with Gasteiger partial charge in [0.25, 0.3) is 0 Å². The highest BCUT2D eigenvalue weighted by atomic mass is 32.1. The number of hydrogen-bond donors (Lipinski definition) is 1. The molecular formula is C12H15N3OS. The van der Waals surface area contributed by atoms with Crippen LogP contribution in [0.4, 0.5) is 5.95 Å². The summed E-state index contributed by atoms with van der Waals surface area (Å²) >= 11 is 1.64. The SMILES string of the molecule is CCNc1nc(OCC2CC2)c2sccc2n1. The molecule has 3 rings (SSSR count). The Balaban J connectivity index is 1.90. The van der Waals surface area contributed by atoms with Crippen molar-refractivity contribution in [3.63, 3.8) is 0 Å². The van der Waals surface area contributed by atoms with Crippen molar-refractivity contribution in [2.24, 2.45) is 5.92 Å². The Kier molecular flexibility index (Phi) is 2.84. The molecule has 1 saturated carbocycles. The fourth-order valence-electron chi connectivity index (χ4n) is 1.65. The van der Waals surface area contributed by atoms with Crippen molar-refractivity contribution in [3.8, 4) is 5.88 Å². The molecule has 4 nitrogen and oxygen atoms in total. The number of hydrogen-bond acceptors (Lipinski definition) is 5. The second kappa shape index (κ2) is 4.49. The van der Waals surface area contributed by atoms with Crippen molar-refractivity contribution >= 4 is 27.5 Å². The number of aromatic nitrogens is 2. The molecule has 17 heavy (non-hydrogen) atoms. The number of nitrogens with one attached hydrogen (secondary N) is 1. The van der Waals surface area contributed by atoms with Gasteiger partial charge in [-0.2, -0.15) is 4.98 Å². The predicted molar refractivity (Wildman–Crippen MR) is 69.8 cm³/mol. The molecule has 90 valence electrons. The van der Waals surface area contributed by atoms with Gasteiger partial charge in [0.15, 0.2) is 0 Å². The van der Waals surface area contributed by atoms with Gasteiger partial charge in [-0.3, -0.25) is 0 Å². The van der Waals surface area contributed by atoms with Crippen LogP contribution < -0.4 is 10.1 Å². The molecule has 0 aromatic carbocycles. The topological polar surface area (TPSA) is 47.0 Å². The van der Waals surface area contributed by atoms with Gasteiger partial charge < -0.3 is 10.1 Å². The quantitative estimate of drug-likeness (QED) is 0.885. The first-order chi connectivity index (χ1) is 8.36. The molecule has 0 unspecified atom stereocenters. The average molecular weight is 249 g/mol. The maximum atomic E-state index is 5.81. The molecule has 1 aliphatic carbocycles. The van der Waals surface area contributed by atoms with Crippen LogP contribution in [0.15, 0.2) is 11.4 Å². The molecule has 0 aliphatic heterocycles. The number of ether oxygens (including phenoxy) is 1. The van der Waals surface area contributed by atoms with E-state index < -0.39 is 0 Å². The van der Waals surface area contributed by atoms with Gasteiger partial charge in [0.2, 0.25) is 11.8 Å².